The molecular formula is C26H38N4O3. The number of rotatable bonds is 10. The van der Waals surface area contributed by atoms with Gasteiger partial charge in [-0.15, -0.1) is 0 Å². The first-order valence-corrected chi connectivity index (χ1v) is 12.2. The Bertz CT molecular complexity index is 726. The summed E-state index contributed by atoms with van der Waals surface area (Å²) in [5.74, 6) is 0. The predicted octanol–water partition coefficient (Wildman–Crippen LogP) is 1.37. The molecule has 4 rings (SSSR count). The van der Waals surface area contributed by atoms with Crippen molar-refractivity contribution in [2.24, 2.45) is 0 Å². The Morgan fingerprint density at radius 2 is 0.939 bits per heavy atom. The van der Waals surface area contributed by atoms with Gasteiger partial charge in [0.05, 0.1) is 25.4 Å². The number of aliphatic hydroxyl groups excluding tert-OH is 2. The molecule has 0 amide bonds. The quantitative estimate of drug-likeness (QED) is 0.562. The highest BCUT2D eigenvalue weighted by Gasteiger charge is 2.21. The van der Waals surface area contributed by atoms with Crippen molar-refractivity contribution >= 4 is 11.4 Å². The lowest BCUT2D eigenvalue weighted by molar-refractivity contribution is -0.0263. The second-order valence-corrected chi connectivity index (χ2v) is 9.09. The molecular weight excluding hydrogens is 416 g/mol. The lowest BCUT2D eigenvalue weighted by atomic mass is 10.2. The molecule has 2 atom stereocenters. The highest BCUT2D eigenvalue weighted by Crippen LogP contribution is 2.16. The summed E-state index contributed by atoms with van der Waals surface area (Å²) in [6, 6.07) is 20.9. The number of anilines is 2. The molecule has 0 radical (unpaired) electrons. The third-order valence-corrected chi connectivity index (χ3v) is 6.55. The van der Waals surface area contributed by atoms with Gasteiger partial charge >= 0.3 is 0 Å². The van der Waals surface area contributed by atoms with Gasteiger partial charge in [0, 0.05) is 76.8 Å². The number of benzene rings is 2. The molecule has 0 aromatic heterocycles. The number of hydrogen-bond acceptors (Lipinski definition) is 7. The number of aliphatic hydroxyl groups is 2. The first-order chi connectivity index (χ1) is 16.2. The highest BCUT2D eigenvalue weighted by atomic mass is 16.5. The maximum absolute atomic E-state index is 10.4. The van der Waals surface area contributed by atoms with Crippen molar-refractivity contribution < 1.29 is 14.9 Å². The molecule has 0 aliphatic carbocycles. The number of β-amino-alcohol motifs (C(OH)–C–C–N with tert-alkyl or cyclic N) is 2. The SMILES string of the molecule is OC(COCC(O)CN1CCN(c2ccccc2)CC1)CN1CCN(c2ccccc2)CC1. The molecule has 0 bridgehead atoms. The van der Waals surface area contributed by atoms with Crippen molar-refractivity contribution in [3.63, 3.8) is 0 Å². The maximum atomic E-state index is 10.4. The van der Waals surface area contributed by atoms with Gasteiger partial charge < -0.3 is 24.7 Å². The van der Waals surface area contributed by atoms with E-state index in [1.165, 1.54) is 11.4 Å². The van der Waals surface area contributed by atoms with E-state index in [9.17, 15) is 10.2 Å². The van der Waals surface area contributed by atoms with Crippen LogP contribution >= 0.6 is 0 Å². The van der Waals surface area contributed by atoms with Gasteiger partial charge in [-0.2, -0.15) is 0 Å². The summed E-state index contributed by atoms with van der Waals surface area (Å²) in [6.07, 6.45) is -1.07. The number of ether oxygens (including phenoxy) is 1. The molecule has 2 aliphatic rings. The number of para-hydroxylation sites is 2. The Balaban J connectivity index is 1.07. The maximum Gasteiger partial charge on any atom is 0.0900 e. The molecule has 2 heterocycles. The van der Waals surface area contributed by atoms with Crippen LogP contribution in [0.3, 0.4) is 0 Å². The molecule has 2 aromatic carbocycles. The minimum atomic E-state index is -0.533. The standard InChI is InChI=1S/C26H38N4O3/c31-25(19-27-11-15-29(16-12-27)23-7-3-1-4-8-23)21-33-22-26(32)20-28-13-17-30(18-14-28)24-9-5-2-6-10-24/h1-10,25-26,31-32H,11-22H2. The predicted molar refractivity (Wildman–Crippen MR) is 133 cm³/mol. The van der Waals surface area contributed by atoms with Gasteiger partial charge in [-0.3, -0.25) is 9.80 Å². The van der Waals surface area contributed by atoms with Crippen molar-refractivity contribution in [1.29, 1.82) is 0 Å². The van der Waals surface area contributed by atoms with Crippen LogP contribution in [0.4, 0.5) is 11.4 Å². The van der Waals surface area contributed by atoms with Crippen LogP contribution in [0.15, 0.2) is 60.7 Å². The zero-order valence-corrected chi connectivity index (χ0v) is 19.5. The molecule has 0 saturated carbocycles. The lowest BCUT2D eigenvalue weighted by Gasteiger charge is -2.37. The Labute approximate surface area is 197 Å². The van der Waals surface area contributed by atoms with Gasteiger partial charge in [0.2, 0.25) is 0 Å². The summed E-state index contributed by atoms with van der Waals surface area (Å²) in [5, 5.41) is 20.8. The molecule has 2 unspecified atom stereocenters. The minimum Gasteiger partial charge on any atom is -0.389 e. The average Bonchev–Trinajstić information content (AvgIpc) is 2.86. The van der Waals surface area contributed by atoms with Crippen LogP contribution in [0, 0.1) is 0 Å². The van der Waals surface area contributed by atoms with Crippen LogP contribution in [0.25, 0.3) is 0 Å². The summed E-state index contributed by atoms with van der Waals surface area (Å²) in [4.78, 5) is 9.34. The summed E-state index contributed by atoms with van der Waals surface area (Å²) < 4.78 is 5.65. The third-order valence-electron chi connectivity index (χ3n) is 6.55. The normalized spacial score (nSPS) is 20.1. The fourth-order valence-electron chi connectivity index (χ4n) is 4.70. The van der Waals surface area contributed by atoms with E-state index in [2.05, 4.69) is 68.1 Å². The van der Waals surface area contributed by atoms with Crippen LogP contribution < -0.4 is 9.80 Å². The molecule has 33 heavy (non-hydrogen) atoms. The van der Waals surface area contributed by atoms with Gasteiger partial charge in [-0.25, -0.2) is 0 Å². The Morgan fingerprint density at radius 1 is 0.576 bits per heavy atom. The first kappa shape index (κ1) is 24.0. The van der Waals surface area contributed by atoms with E-state index in [-0.39, 0.29) is 13.2 Å². The zero-order valence-electron chi connectivity index (χ0n) is 19.5. The molecule has 180 valence electrons. The van der Waals surface area contributed by atoms with Gasteiger partial charge in [0.1, 0.15) is 0 Å². The number of piperazine rings is 2. The van der Waals surface area contributed by atoms with E-state index < -0.39 is 12.2 Å². The van der Waals surface area contributed by atoms with Crippen LogP contribution in [-0.4, -0.2) is 111 Å². The van der Waals surface area contributed by atoms with E-state index in [1.807, 2.05) is 12.1 Å². The second kappa shape index (κ2) is 12.3. The van der Waals surface area contributed by atoms with Crippen molar-refractivity contribution in [3.05, 3.63) is 60.7 Å². The molecule has 7 nitrogen and oxygen atoms in total. The molecule has 0 spiro atoms. The molecule has 2 aliphatic heterocycles. The van der Waals surface area contributed by atoms with E-state index in [1.54, 1.807) is 0 Å². The monoisotopic (exact) mass is 454 g/mol. The fourth-order valence-corrected chi connectivity index (χ4v) is 4.70. The number of nitrogens with zero attached hydrogens (tertiary/aromatic N) is 4. The van der Waals surface area contributed by atoms with E-state index >= 15 is 0 Å². The minimum absolute atomic E-state index is 0.262. The fraction of sp³-hybridized carbons (Fsp3) is 0.538. The molecule has 2 fully saturated rings. The van der Waals surface area contributed by atoms with Gasteiger partial charge in [-0.05, 0) is 24.3 Å². The van der Waals surface area contributed by atoms with Crippen molar-refractivity contribution in [2.75, 3.05) is 88.5 Å². The second-order valence-electron chi connectivity index (χ2n) is 9.09. The van der Waals surface area contributed by atoms with Crippen molar-refractivity contribution in [3.8, 4) is 0 Å². The zero-order chi connectivity index (χ0) is 22.9. The van der Waals surface area contributed by atoms with Gasteiger partial charge in [-0.1, -0.05) is 36.4 Å². The van der Waals surface area contributed by atoms with Gasteiger partial charge in [0.15, 0.2) is 0 Å². The third kappa shape index (κ3) is 7.42. The molecule has 2 N–H and O–H groups in total. The summed E-state index contributed by atoms with van der Waals surface area (Å²) in [6.45, 7) is 9.35. The Morgan fingerprint density at radius 3 is 1.30 bits per heavy atom. The molecule has 7 heteroatoms. The van der Waals surface area contributed by atoms with E-state index in [4.69, 9.17) is 4.74 Å². The summed E-state index contributed by atoms with van der Waals surface area (Å²) in [7, 11) is 0. The summed E-state index contributed by atoms with van der Waals surface area (Å²) >= 11 is 0. The largest absolute Gasteiger partial charge is 0.389 e. The van der Waals surface area contributed by atoms with Crippen LogP contribution in [0.2, 0.25) is 0 Å². The smallest absolute Gasteiger partial charge is 0.0900 e. The average molecular weight is 455 g/mol. The van der Waals surface area contributed by atoms with Crippen molar-refractivity contribution in [1.82, 2.24) is 9.80 Å². The van der Waals surface area contributed by atoms with E-state index in [0.29, 0.717) is 13.1 Å². The van der Waals surface area contributed by atoms with Crippen LogP contribution in [-0.2, 0) is 4.74 Å². The van der Waals surface area contributed by atoms with Gasteiger partial charge in [0.25, 0.3) is 0 Å². The van der Waals surface area contributed by atoms with Crippen molar-refractivity contribution in [2.45, 2.75) is 12.2 Å². The molecule has 2 saturated heterocycles. The topological polar surface area (TPSA) is 62.7 Å². The van der Waals surface area contributed by atoms with E-state index in [0.717, 1.165) is 52.4 Å². The Hall–Kier alpha value is -2.16. The summed E-state index contributed by atoms with van der Waals surface area (Å²) in [5.41, 5.74) is 2.52. The van der Waals surface area contributed by atoms with Crippen LogP contribution in [0.1, 0.15) is 0 Å². The highest BCUT2D eigenvalue weighted by molar-refractivity contribution is 5.47. The Kier molecular flexibility index (Phi) is 8.97. The first-order valence-electron chi connectivity index (χ1n) is 12.2. The number of hydrogen-bond donors (Lipinski definition) is 2. The van der Waals surface area contributed by atoms with Crippen LogP contribution in [0.5, 0.6) is 0 Å². The lowest BCUT2D eigenvalue weighted by Crippen LogP contribution is -2.49. The molecule has 2 aromatic rings.